The van der Waals surface area contributed by atoms with E-state index in [2.05, 4.69) is 10.4 Å². The van der Waals surface area contributed by atoms with Crippen LogP contribution >= 0.6 is 11.3 Å². The second-order valence-electron chi connectivity index (χ2n) is 7.65. The summed E-state index contributed by atoms with van der Waals surface area (Å²) in [6.07, 6.45) is 1.59. The third-order valence-corrected chi connectivity index (χ3v) is 6.10. The van der Waals surface area contributed by atoms with Crippen molar-refractivity contribution in [2.45, 2.75) is 31.3 Å². The van der Waals surface area contributed by atoms with E-state index in [1.807, 2.05) is 36.5 Å². The minimum absolute atomic E-state index is 0.0881. The van der Waals surface area contributed by atoms with Gasteiger partial charge in [0.2, 0.25) is 5.54 Å². The Morgan fingerprint density at radius 1 is 1.39 bits per heavy atom. The molecule has 28 heavy (non-hydrogen) atoms. The van der Waals surface area contributed by atoms with Crippen molar-refractivity contribution in [3.8, 4) is 10.6 Å². The van der Waals surface area contributed by atoms with E-state index in [0.717, 1.165) is 22.4 Å². The number of thiophene rings is 1. The molecule has 0 bridgehead atoms. The van der Waals surface area contributed by atoms with E-state index >= 15 is 0 Å². The van der Waals surface area contributed by atoms with Crippen molar-refractivity contribution >= 4 is 29.1 Å². The largest absolute Gasteiger partial charge is 0.352 e. The number of aromatic nitrogens is 2. The van der Waals surface area contributed by atoms with E-state index < -0.39 is 17.4 Å². The minimum atomic E-state index is -1.60. The van der Waals surface area contributed by atoms with E-state index in [1.54, 1.807) is 6.07 Å². The van der Waals surface area contributed by atoms with Crippen LogP contribution in [0.2, 0.25) is 0 Å². The summed E-state index contributed by atoms with van der Waals surface area (Å²) in [6.45, 7) is 2.57. The van der Waals surface area contributed by atoms with Crippen LogP contribution in [0.15, 0.2) is 23.6 Å². The van der Waals surface area contributed by atoms with Gasteiger partial charge in [0.15, 0.2) is 0 Å². The lowest BCUT2D eigenvalue weighted by Gasteiger charge is -2.41. The van der Waals surface area contributed by atoms with Crippen LogP contribution in [0, 0.1) is 0 Å². The predicted octanol–water partition coefficient (Wildman–Crippen LogP) is 1.31. The molecule has 0 aromatic carbocycles. The Kier molecular flexibility index (Phi) is 4.59. The van der Waals surface area contributed by atoms with Gasteiger partial charge in [0.1, 0.15) is 11.4 Å². The van der Waals surface area contributed by atoms with Crippen LogP contribution in [0.1, 0.15) is 35.0 Å². The van der Waals surface area contributed by atoms with E-state index in [1.165, 1.54) is 23.2 Å². The molecule has 3 heterocycles. The maximum absolute atomic E-state index is 13.4. The van der Waals surface area contributed by atoms with Gasteiger partial charge in [-0.05, 0) is 51.4 Å². The van der Waals surface area contributed by atoms with Gasteiger partial charge in [-0.1, -0.05) is 6.07 Å². The topological polar surface area (TPSA) is 87.5 Å². The Hall–Kier alpha value is -2.52. The van der Waals surface area contributed by atoms with Gasteiger partial charge in [-0.15, -0.1) is 11.3 Å². The zero-order valence-electron chi connectivity index (χ0n) is 16.1. The van der Waals surface area contributed by atoms with Crippen molar-refractivity contribution < 1.29 is 14.4 Å². The lowest BCUT2D eigenvalue weighted by Crippen LogP contribution is -2.68. The first-order valence-corrected chi connectivity index (χ1v) is 10.2. The SMILES string of the molecule is CN(C)CCNC(=O)[C@]1(C)C(=O)n2nc(-c3cccs3)cc2C(=O)N1C1CC1. The zero-order valence-corrected chi connectivity index (χ0v) is 17.0. The number of fused-ring (bicyclic) bond motifs is 1. The number of rotatable bonds is 6. The molecule has 0 unspecified atom stereocenters. The maximum atomic E-state index is 13.4. The van der Waals surface area contributed by atoms with Crippen LogP contribution in [0.5, 0.6) is 0 Å². The molecular weight excluding hydrogens is 378 g/mol. The molecule has 0 radical (unpaired) electrons. The standard InChI is InChI=1S/C19H23N5O3S/c1-19(17(26)20-8-9-22(2)3)18(27)24-14(16(25)23(19)12-6-7-12)11-13(21-24)15-5-4-10-28-15/h4-5,10-12H,6-9H2,1-3H3,(H,20,26)/t19-/m1/s1. The highest BCUT2D eigenvalue weighted by Crippen LogP contribution is 2.39. The number of likely N-dealkylation sites (N-methyl/N-ethyl adjacent to an activating group) is 1. The second kappa shape index (κ2) is 6.82. The number of hydrogen-bond donors (Lipinski definition) is 1. The molecular formula is C19H23N5O3S. The van der Waals surface area contributed by atoms with Gasteiger partial charge in [-0.3, -0.25) is 14.4 Å². The number of carbonyl (C=O) groups excluding carboxylic acids is 3. The second-order valence-corrected chi connectivity index (χ2v) is 8.59. The number of hydrogen-bond acceptors (Lipinski definition) is 6. The summed E-state index contributed by atoms with van der Waals surface area (Å²) in [7, 11) is 3.81. The quantitative estimate of drug-likeness (QED) is 0.738. The Morgan fingerprint density at radius 2 is 2.14 bits per heavy atom. The number of nitrogens with one attached hydrogen (secondary N) is 1. The first-order valence-electron chi connectivity index (χ1n) is 9.29. The van der Waals surface area contributed by atoms with Gasteiger partial charge >= 0.3 is 0 Å². The first kappa shape index (κ1) is 18.8. The highest BCUT2D eigenvalue weighted by atomic mass is 32.1. The molecule has 2 aliphatic rings. The number of amides is 2. The average Bonchev–Trinajstić information content (AvgIpc) is 3.15. The molecule has 2 aromatic heterocycles. The lowest BCUT2D eigenvalue weighted by molar-refractivity contribution is -0.129. The normalized spacial score (nSPS) is 21.9. The molecule has 0 spiro atoms. The van der Waals surface area contributed by atoms with Gasteiger partial charge in [0.05, 0.1) is 4.88 Å². The Bertz CT molecular complexity index is 932. The van der Waals surface area contributed by atoms with Crippen LogP contribution < -0.4 is 5.32 Å². The Morgan fingerprint density at radius 3 is 2.75 bits per heavy atom. The van der Waals surface area contributed by atoms with Crippen molar-refractivity contribution in [2.24, 2.45) is 0 Å². The molecule has 1 aliphatic heterocycles. The zero-order chi connectivity index (χ0) is 20.1. The molecule has 9 heteroatoms. The van der Waals surface area contributed by atoms with Gasteiger partial charge in [0, 0.05) is 19.1 Å². The molecule has 1 atom stereocenters. The summed E-state index contributed by atoms with van der Waals surface area (Å²) in [6, 6.07) is 5.33. The molecule has 148 valence electrons. The number of nitrogens with zero attached hydrogens (tertiary/aromatic N) is 4. The molecule has 2 aromatic rings. The summed E-state index contributed by atoms with van der Waals surface area (Å²) >= 11 is 1.49. The molecule has 1 N–H and O–H groups in total. The van der Waals surface area contributed by atoms with Crippen molar-refractivity contribution in [3.63, 3.8) is 0 Å². The van der Waals surface area contributed by atoms with Gasteiger partial charge in [0.25, 0.3) is 17.7 Å². The van der Waals surface area contributed by atoms with Crippen LogP contribution in [0.4, 0.5) is 0 Å². The van der Waals surface area contributed by atoms with E-state index in [0.29, 0.717) is 18.8 Å². The molecule has 8 nitrogen and oxygen atoms in total. The molecule has 1 fully saturated rings. The van der Waals surface area contributed by atoms with Crippen molar-refractivity contribution in [3.05, 3.63) is 29.3 Å². The summed E-state index contributed by atoms with van der Waals surface area (Å²) < 4.78 is 1.11. The van der Waals surface area contributed by atoms with E-state index in [9.17, 15) is 14.4 Å². The third-order valence-electron chi connectivity index (χ3n) is 5.21. The van der Waals surface area contributed by atoms with Gasteiger partial charge in [-0.25, -0.2) is 0 Å². The van der Waals surface area contributed by atoms with Gasteiger partial charge in [-0.2, -0.15) is 9.78 Å². The monoisotopic (exact) mass is 401 g/mol. The van der Waals surface area contributed by atoms with Gasteiger partial charge < -0.3 is 15.1 Å². The minimum Gasteiger partial charge on any atom is -0.352 e. The Balaban J connectivity index is 1.72. The van der Waals surface area contributed by atoms with Crippen molar-refractivity contribution in [2.75, 3.05) is 27.2 Å². The third kappa shape index (κ3) is 2.94. The first-order chi connectivity index (χ1) is 13.3. The molecule has 4 rings (SSSR count). The highest BCUT2D eigenvalue weighted by Gasteiger charge is 2.58. The fourth-order valence-corrected chi connectivity index (χ4v) is 4.19. The van der Waals surface area contributed by atoms with Crippen LogP contribution in [-0.2, 0) is 4.79 Å². The summed E-state index contributed by atoms with van der Waals surface area (Å²) in [5.41, 5.74) is -0.811. The molecule has 2 amide bonds. The average molecular weight is 401 g/mol. The lowest BCUT2D eigenvalue weighted by atomic mass is 9.93. The van der Waals surface area contributed by atoms with E-state index in [-0.39, 0.29) is 17.6 Å². The Labute approximate surface area is 167 Å². The summed E-state index contributed by atoms with van der Waals surface area (Å²) in [4.78, 5) is 44.0. The van der Waals surface area contributed by atoms with Crippen LogP contribution in [-0.4, -0.2) is 76.1 Å². The van der Waals surface area contributed by atoms with Crippen LogP contribution in [0.3, 0.4) is 0 Å². The van der Waals surface area contributed by atoms with Crippen molar-refractivity contribution in [1.82, 2.24) is 24.9 Å². The number of carbonyl (C=O) groups is 3. The molecule has 0 saturated heterocycles. The summed E-state index contributed by atoms with van der Waals surface area (Å²) in [5.74, 6) is -1.26. The predicted molar refractivity (Wildman–Crippen MR) is 105 cm³/mol. The molecule has 1 aliphatic carbocycles. The van der Waals surface area contributed by atoms with E-state index in [4.69, 9.17) is 0 Å². The highest BCUT2D eigenvalue weighted by molar-refractivity contribution is 7.13. The summed E-state index contributed by atoms with van der Waals surface area (Å²) in [5, 5.41) is 9.10. The van der Waals surface area contributed by atoms with Crippen LogP contribution in [0.25, 0.3) is 10.6 Å². The smallest absolute Gasteiger partial charge is 0.283 e. The van der Waals surface area contributed by atoms with Crippen molar-refractivity contribution in [1.29, 1.82) is 0 Å². The fourth-order valence-electron chi connectivity index (χ4n) is 3.50. The fraction of sp³-hybridized carbons (Fsp3) is 0.474. The maximum Gasteiger partial charge on any atom is 0.283 e. The molecule has 1 saturated carbocycles.